The van der Waals surface area contributed by atoms with E-state index in [1.807, 2.05) is 38.1 Å². The molecule has 0 bridgehead atoms. The zero-order chi connectivity index (χ0) is 26.5. The van der Waals surface area contributed by atoms with Crippen molar-refractivity contribution in [2.75, 3.05) is 0 Å². The lowest BCUT2D eigenvalue weighted by atomic mass is 9.88. The number of benzene rings is 3. The third-order valence-electron chi connectivity index (χ3n) is 6.57. The van der Waals surface area contributed by atoms with Gasteiger partial charge in [-0.25, -0.2) is 4.39 Å². The molecule has 1 heterocycles. The van der Waals surface area contributed by atoms with Gasteiger partial charge in [0.1, 0.15) is 18.0 Å². The molecule has 0 aliphatic carbocycles. The number of carbonyl (C=O) groups excluding carboxylic acids is 2. The van der Waals surface area contributed by atoms with E-state index in [1.54, 1.807) is 35.2 Å². The first-order chi connectivity index (χ1) is 17.8. The highest BCUT2D eigenvalue weighted by Crippen LogP contribution is 2.45. The highest BCUT2D eigenvalue weighted by atomic mass is 35.5. The quantitative estimate of drug-likeness (QED) is 0.273. The third kappa shape index (κ3) is 6.15. The number of ether oxygens (including phenoxy) is 2. The first-order valence-corrected chi connectivity index (χ1v) is 12.9. The molecule has 0 unspecified atom stereocenters. The Labute approximate surface area is 226 Å². The summed E-state index contributed by atoms with van der Waals surface area (Å²) in [7, 11) is 0. The summed E-state index contributed by atoms with van der Waals surface area (Å²) in [5.41, 5.74) is 3.29. The van der Waals surface area contributed by atoms with E-state index in [1.165, 1.54) is 12.1 Å². The summed E-state index contributed by atoms with van der Waals surface area (Å²) in [4.78, 5) is 27.2. The summed E-state index contributed by atoms with van der Waals surface area (Å²) < 4.78 is 25.6. The predicted molar refractivity (Wildman–Crippen MR) is 141 cm³/mol. The first kappa shape index (κ1) is 27.1. The van der Waals surface area contributed by atoms with Gasteiger partial charge < -0.3 is 9.47 Å². The Hall–Kier alpha value is -2.93. The second-order valence-corrected chi connectivity index (χ2v) is 9.97. The van der Waals surface area contributed by atoms with Crippen LogP contribution in [0, 0.1) is 12.7 Å². The molecule has 0 aromatic heterocycles. The number of amides is 1. The van der Waals surface area contributed by atoms with Crippen LogP contribution in [0.15, 0.2) is 66.7 Å². The summed E-state index contributed by atoms with van der Waals surface area (Å²) in [6.45, 7) is 4.27. The van der Waals surface area contributed by atoms with Gasteiger partial charge in [-0.2, -0.15) is 0 Å². The van der Waals surface area contributed by atoms with E-state index in [0.717, 1.165) is 22.3 Å². The van der Waals surface area contributed by atoms with Gasteiger partial charge in [0.05, 0.1) is 6.04 Å². The van der Waals surface area contributed by atoms with Crippen molar-refractivity contribution in [2.24, 2.45) is 0 Å². The van der Waals surface area contributed by atoms with Crippen LogP contribution in [0.2, 0.25) is 10.0 Å². The van der Waals surface area contributed by atoms with E-state index in [4.69, 9.17) is 32.7 Å². The van der Waals surface area contributed by atoms with Gasteiger partial charge in [-0.05, 0) is 65.6 Å². The lowest BCUT2D eigenvalue weighted by molar-refractivity contribution is -0.198. The van der Waals surface area contributed by atoms with Gasteiger partial charge in [-0.3, -0.25) is 14.5 Å². The smallest absolute Gasteiger partial charge is 0.295 e. The molecule has 5 nitrogen and oxygen atoms in total. The summed E-state index contributed by atoms with van der Waals surface area (Å²) in [6, 6.07) is 18.1. The fourth-order valence-electron chi connectivity index (χ4n) is 4.83. The van der Waals surface area contributed by atoms with E-state index < -0.39 is 24.5 Å². The molecule has 194 valence electrons. The van der Waals surface area contributed by atoms with Crippen molar-refractivity contribution < 1.29 is 23.5 Å². The van der Waals surface area contributed by atoms with Crippen LogP contribution in [-0.2, 0) is 25.5 Å². The minimum atomic E-state index is -0.885. The first-order valence-electron chi connectivity index (χ1n) is 12.1. The maximum atomic E-state index is 14.0. The second-order valence-electron chi connectivity index (χ2n) is 9.09. The zero-order valence-corrected chi connectivity index (χ0v) is 22.1. The van der Waals surface area contributed by atoms with E-state index in [0.29, 0.717) is 29.4 Å². The average Bonchev–Trinajstić information content (AvgIpc) is 2.87. The van der Waals surface area contributed by atoms with Crippen molar-refractivity contribution in [1.29, 1.82) is 0 Å². The van der Waals surface area contributed by atoms with Crippen LogP contribution >= 0.6 is 23.2 Å². The van der Waals surface area contributed by atoms with Gasteiger partial charge in [0.15, 0.2) is 6.23 Å². The molecule has 0 saturated carbocycles. The highest BCUT2D eigenvalue weighted by Gasteiger charge is 2.47. The Kier molecular flexibility index (Phi) is 8.85. The Bertz CT molecular complexity index is 1240. The Morgan fingerprint density at radius 3 is 2.35 bits per heavy atom. The largest absolute Gasteiger partial charge is 0.444 e. The molecule has 8 heteroatoms. The van der Waals surface area contributed by atoms with E-state index in [-0.39, 0.29) is 18.1 Å². The number of halogens is 3. The Morgan fingerprint density at radius 2 is 1.73 bits per heavy atom. The topological polar surface area (TPSA) is 55.8 Å². The SMILES string of the molecule is CCC[C@@H](OC=O)N1C(=O)[C@@H](Cc2ccc(F)cc2)O[C@H](c2ccc(Cl)cc2C)[C@@H]1c1ccc(Cl)cc1. The number of hydrogen-bond acceptors (Lipinski definition) is 4. The van der Waals surface area contributed by atoms with Gasteiger partial charge in [0.25, 0.3) is 12.4 Å². The minimum absolute atomic E-state index is 0.228. The molecule has 1 aliphatic rings. The highest BCUT2D eigenvalue weighted by molar-refractivity contribution is 6.30. The Balaban J connectivity index is 1.86. The number of rotatable bonds is 9. The van der Waals surface area contributed by atoms with Crippen LogP contribution in [0.25, 0.3) is 0 Å². The van der Waals surface area contributed by atoms with Crippen LogP contribution in [-0.4, -0.2) is 29.6 Å². The third-order valence-corrected chi connectivity index (χ3v) is 7.06. The van der Waals surface area contributed by atoms with E-state index in [2.05, 4.69) is 0 Å². The molecule has 1 saturated heterocycles. The summed E-state index contributed by atoms with van der Waals surface area (Å²) in [5, 5.41) is 1.14. The molecule has 0 N–H and O–H groups in total. The van der Waals surface area contributed by atoms with Crippen molar-refractivity contribution >= 4 is 35.6 Å². The molecule has 1 aliphatic heterocycles. The number of hydrogen-bond donors (Lipinski definition) is 0. The van der Waals surface area contributed by atoms with Crippen molar-refractivity contribution in [1.82, 2.24) is 4.90 Å². The predicted octanol–water partition coefficient (Wildman–Crippen LogP) is 6.99. The van der Waals surface area contributed by atoms with Crippen LogP contribution in [0.5, 0.6) is 0 Å². The molecule has 0 radical (unpaired) electrons. The number of morpholine rings is 1. The van der Waals surface area contributed by atoms with Crippen molar-refractivity contribution in [3.63, 3.8) is 0 Å². The van der Waals surface area contributed by atoms with Crippen LogP contribution in [0.4, 0.5) is 4.39 Å². The van der Waals surface area contributed by atoms with Gasteiger partial charge >= 0.3 is 0 Å². The zero-order valence-electron chi connectivity index (χ0n) is 20.6. The fourth-order valence-corrected chi connectivity index (χ4v) is 5.18. The van der Waals surface area contributed by atoms with Crippen molar-refractivity contribution in [3.8, 4) is 0 Å². The Morgan fingerprint density at radius 1 is 1.05 bits per heavy atom. The second kappa shape index (κ2) is 12.1. The van der Waals surface area contributed by atoms with Crippen molar-refractivity contribution in [3.05, 3.63) is 105 Å². The summed E-state index contributed by atoms with van der Waals surface area (Å²) >= 11 is 12.4. The normalized spacial score (nSPS) is 20.5. The molecular weight excluding hydrogens is 516 g/mol. The number of aryl methyl sites for hydroxylation is 1. The molecule has 4 rings (SSSR count). The minimum Gasteiger partial charge on any atom is -0.444 e. The maximum Gasteiger partial charge on any atom is 0.295 e. The molecule has 37 heavy (non-hydrogen) atoms. The van der Waals surface area contributed by atoms with E-state index in [9.17, 15) is 14.0 Å². The molecule has 3 aromatic rings. The number of nitrogens with zero attached hydrogens (tertiary/aromatic N) is 1. The molecule has 1 amide bonds. The number of carbonyl (C=O) groups is 2. The van der Waals surface area contributed by atoms with Crippen LogP contribution in [0.1, 0.15) is 54.2 Å². The molecule has 4 atom stereocenters. The molecule has 3 aromatic carbocycles. The molecular formula is C29H28Cl2FNO4. The van der Waals surface area contributed by atoms with Crippen molar-refractivity contribution in [2.45, 2.75) is 57.6 Å². The fraction of sp³-hybridized carbons (Fsp3) is 0.310. The lowest BCUT2D eigenvalue weighted by Gasteiger charge is -2.47. The van der Waals surface area contributed by atoms with Gasteiger partial charge in [0, 0.05) is 22.9 Å². The summed E-state index contributed by atoms with van der Waals surface area (Å²) in [6.07, 6.45) is -0.926. The molecule has 1 fully saturated rings. The van der Waals surface area contributed by atoms with Crippen LogP contribution < -0.4 is 0 Å². The monoisotopic (exact) mass is 543 g/mol. The average molecular weight is 544 g/mol. The summed E-state index contributed by atoms with van der Waals surface area (Å²) in [5.74, 6) is -0.673. The van der Waals surface area contributed by atoms with E-state index >= 15 is 0 Å². The standard InChI is InChI=1S/C29H28Cl2FNO4/c1-3-4-26(36-17-34)33-27(20-7-9-21(30)10-8-20)28(24-14-11-22(31)15-18(24)2)37-25(29(33)35)16-19-5-12-23(32)13-6-19/h5-15,17,25-28H,3-4,16H2,1-2H3/t25-,26-,27+,28-/m1/s1. The van der Waals surface area contributed by atoms with Crippen LogP contribution in [0.3, 0.4) is 0 Å². The van der Waals surface area contributed by atoms with Gasteiger partial charge in [-0.1, -0.05) is 66.9 Å². The van der Waals surface area contributed by atoms with Gasteiger partial charge in [0.2, 0.25) is 0 Å². The molecule has 0 spiro atoms. The lowest BCUT2D eigenvalue weighted by Crippen LogP contribution is -2.56. The maximum absolute atomic E-state index is 14.0. The van der Waals surface area contributed by atoms with Gasteiger partial charge in [-0.15, -0.1) is 0 Å².